The summed E-state index contributed by atoms with van der Waals surface area (Å²) < 4.78 is 27.6. The molecule has 0 spiro atoms. The molecule has 0 saturated carbocycles. The van der Waals surface area contributed by atoms with E-state index in [9.17, 15) is 13.2 Å². The predicted molar refractivity (Wildman–Crippen MR) is 120 cm³/mol. The van der Waals surface area contributed by atoms with E-state index in [1.54, 1.807) is 18.2 Å². The average molecular weight is 454 g/mol. The number of hydrogen-bond acceptors (Lipinski definition) is 4. The summed E-state index contributed by atoms with van der Waals surface area (Å²) in [6.45, 7) is -0.241. The van der Waals surface area contributed by atoms with Gasteiger partial charge in [0.15, 0.2) is 0 Å². The number of hydrogen-bond donors (Lipinski definition) is 1. The number of nitrogens with one attached hydrogen (secondary N) is 1. The van der Waals surface area contributed by atoms with E-state index in [2.05, 4.69) is 5.32 Å². The van der Waals surface area contributed by atoms with E-state index in [-0.39, 0.29) is 18.0 Å². The van der Waals surface area contributed by atoms with E-state index in [1.165, 1.54) is 30.3 Å². The lowest BCUT2D eigenvalue weighted by Gasteiger charge is -2.22. The molecule has 3 rings (SSSR count). The van der Waals surface area contributed by atoms with Crippen LogP contribution >= 0.6 is 11.6 Å². The van der Waals surface area contributed by atoms with Crippen LogP contribution in [0.5, 0.6) is 0 Å². The summed E-state index contributed by atoms with van der Waals surface area (Å²) in [5.41, 5.74) is 1.78. The zero-order valence-electron chi connectivity index (χ0n) is 16.5. The molecule has 0 atom stereocenters. The summed E-state index contributed by atoms with van der Waals surface area (Å²) in [6.07, 6.45) is 0.449. The third-order valence-electron chi connectivity index (χ3n) is 4.54. The fraction of sp³-hybridized carbons (Fsp3) is 0.130. The van der Waals surface area contributed by atoms with Crippen molar-refractivity contribution >= 4 is 33.2 Å². The molecule has 31 heavy (non-hydrogen) atoms. The Hall–Kier alpha value is -3.18. The van der Waals surface area contributed by atoms with Crippen LogP contribution < -0.4 is 5.32 Å². The van der Waals surface area contributed by atoms with Gasteiger partial charge in [0.05, 0.1) is 23.1 Å². The van der Waals surface area contributed by atoms with Crippen molar-refractivity contribution in [2.75, 3.05) is 18.4 Å². The Morgan fingerprint density at radius 1 is 1.00 bits per heavy atom. The number of sulfonamides is 1. The first-order valence-corrected chi connectivity index (χ1v) is 11.3. The number of benzene rings is 3. The van der Waals surface area contributed by atoms with Gasteiger partial charge < -0.3 is 5.32 Å². The van der Waals surface area contributed by atoms with Crippen molar-refractivity contribution in [3.05, 3.63) is 95.0 Å². The molecule has 0 aliphatic rings. The van der Waals surface area contributed by atoms with Crippen molar-refractivity contribution < 1.29 is 13.2 Å². The second-order valence-electron chi connectivity index (χ2n) is 6.77. The van der Waals surface area contributed by atoms with Crippen LogP contribution in [0, 0.1) is 11.3 Å². The smallest absolute Gasteiger partial charge is 0.243 e. The number of amides is 1. The number of anilines is 1. The minimum Gasteiger partial charge on any atom is -0.325 e. The lowest BCUT2D eigenvalue weighted by Crippen LogP contribution is -2.39. The van der Waals surface area contributed by atoms with E-state index in [0.717, 1.165) is 9.87 Å². The molecule has 0 aliphatic heterocycles. The highest BCUT2D eigenvalue weighted by Gasteiger charge is 2.26. The van der Waals surface area contributed by atoms with Crippen LogP contribution in [0.3, 0.4) is 0 Å². The Kier molecular flexibility index (Phi) is 7.42. The molecule has 0 saturated heterocycles. The maximum Gasteiger partial charge on any atom is 0.243 e. The molecule has 0 radical (unpaired) electrons. The first-order chi connectivity index (χ1) is 14.9. The summed E-state index contributed by atoms with van der Waals surface area (Å²) in [5, 5.41) is 12.1. The molecule has 0 fully saturated rings. The van der Waals surface area contributed by atoms with Gasteiger partial charge in [-0.25, -0.2) is 8.42 Å². The van der Waals surface area contributed by atoms with Crippen LogP contribution in [0.2, 0.25) is 5.02 Å². The molecule has 0 bridgehead atoms. The second-order valence-corrected chi connectivity index (χ2v) is 9.14. The highest BCUT2D eigenvalue weighted by atomic mass is 35.5. The Morgan fingerprint density at radius 2 is 1.71 bits per heavy atom. The van der Waals surface area contributed by atoms with Crippen molar-refractivity contribution in [2.45, 2.75) is 11.3 Å². The van der Waals surface area contributed by atoms with Crippen molar-refractivity contribution in [3.8, 4) is 6.07 Å². The minimum absolute atomic E-state index is 0.0595. The van der Waals surface area contributed by atoms with Crippen LogP contribution in [0.15, 0.2) is 83.8 Å². The third kappa shape index (κ3) is 6.15. The number of nitrogens with zero attached hydrogens (tertiary/aromatic N) is 2. The van der Waals surface area contributed by atoms with Crippen molar-refractivity contribution in [2.24, 2.45) is 0 Å². The van der Waals surface area contributed by atoms with E-state index in [4.69, 9.17) is 16.9 Å². The molecule has 0 unspecified atom stereocenters. The van der Waals surface area contributed by atoms with Gasteiger partial charge in [-0.3, -0.25) is 4.79 Å². The normalized spacial score (nSPS) is 11.1. The maximum absolute atomic E-state index is 13.2. The molecule has 8 heteroatoms. The standard InChI is InChI=1S/C23H20ClN3O3S/c24-20-9-11-22(12-10-20)31(29,30)27(14-13-18-5-2-1-3-6-18)17-23(28)26-21-8-4-7-19(15-21)16-25/h1-12,15H,13-14,17H2,(H,26,28). The Bertz CT molecular complexity index is 1190. The first kappa shape index (κ1) is 22.5. The van der Waals surface area contributed by atoms with Gasteiger partial charge in [0.1, 0.15) is 0 Å². The van der Waals surface area contributed by atoms with Crippen molar-refractivity contribution in [1.82, 2.24) is 4.31 Å². The summed E-state index contributed by atoms with van der Waals surface area (Å²) in [7, 11) is -3.93. The van der Waals surface area contributed by atoms with Crippen LogP contribution in [0.1, 0.15) is 11.1 Å². The molecule has 1 amide bonds. The van der Waals surface area contributed by atoms with Crippen molar-refractivity contribution in [3.63, 3.8) is 0 Å². The number of carbonyl (C=O) groups excluding carboxylic acids is 1. The van der Waals surface area contributed by atoms with Crippen LogP contribution in [-0.4, -0.2) is 31.7 Å². The molecule has 3 aromatic carbocycles. The highest BCUT2D eigenvalue weighted by Crippen LogP contribution is 2.19. The van der Waals surface area contributed by atoms with Gasteiger partial charge in [-0.15, -0.1) is 0 Å². The Labute approximate surface area is 186 Å². The van der Waals surface area contributed by atoms with Gasteiger partial charge in [0.2, 0.25) is 15.9 Å². The zero-order valence-corrected chi connectivity index (χ0v) is 18.1. The molecule has 0 heterocycles. The SMILES string of the molecule is N#Cc1cccc(NC(=O)CN(CCc2ccccc2)S(=O)(=O)c2ccc(Cl)cc2)c1. The van der Waals surface area contributed by atoms with Crippen LogP contribution in [0.4, 0.5) is 5.69 Å². The molecule has 3 aromatic rings. The topological polar surface area (TPSA) is 90.3 Å². The van der Waals surface area contributed by atoms with Gasteiger partial charge in [-0.2, -0.15) is 9.57 Å². The number of nitriles is 1. The largest absolute Gasteiger partial charge is 0.325 e. The number of carbonyl (C=O) groups is 1. The van der Waals surface area contributed by atoms with Gasteiger partial charge in [-0.1, -0.05) is 48.0 Å². The summed E-state index contributed by atoms with van der Waals surface area (Å²) in [5.74, 6) is -0.499. The molecular weight excluding hydrogens is 434 g/mol. The van der Waals surface area contributed by atoms with Crippen LogP contribution in [-0.2, 0) is 21.2 Å². The molecule has 158 valence electrons. The fourth-order valence-corrected chi connectivity index (χ4v) is 4.49. The zero-order chi connectivity index (χ0) is 22.3. The predicted octanol–water partition coefficient (Wildman–Crippen LogP) is 4.08. The van der Waals surface area contributed by atoms with E-state index < -0.39 is 15.9 Å². The summed E-state index contributed by atoms with van der Waals surface area (Å²) in [4.78, 5) is 12.7. The van der Waals surface area contributed by atoms with E-state index in [0.29, 0.717) is 22.7 Å². The molecule has 6 nitrogen and oxygen atoms in total. The fourth-order valence-electron chi connectivity index (χ4n) is 2.97. The Balaban J connectivity index is 1.81. The highest BCUT2D eigenvalue weighted by molar-refractivity contribution is 7.89. The van der Waals surface area contributed by atoms with E-state index >= 15 is 0 Å². The lowest BCUT2D eigenvalue weighted by atomic mass is 10.1. The van der Waals surface area contributed by atoms with Gasteiger partial charge in [0, 0.05) is 17.3 Å². The molecule has 0 aromatic heterocycles. The van der Waals surface area contributed by atoms with Crippen molar-refractivity contribution in [1.29, 1.82) is 5.26 Å². The third-order valence-corrected chi connectivity index (χ3v) is 6.65. The summed E-state index contributed by atoms with van der Waals surface area (Å²) in [6, 6.07) is 23.7. The number of halogens is 1. The first-order valence-electron chi connectivity index (χ1n) is 9.48. The van der Waals surface area contributed by atoms with Gasteiger partial charge >= 0.3 is 0 Å². The second kappa shape index (κ2) is 10.2. The lowest BCUT2D eigenvalue weighted by molar-refractivity contribution is -0.116. The monoisotopic (exact) mass is 453 g/mol. The maximum atomic E-state index is 13.2. The molecule has 0 aliphatic carbocycles. The Morgan fingerprint density at radius 3 is 2.39 bits per heavy atom. The molecule has 1 N–H and O–H groups in total. The quantitative estimate of drug-likeness (QED) is 0.556. The molecular formula is C23H20ClN3O3S. The summed E-state index contributed by atoms with van der Waals surface area (Å²) >= 11 is 5.89. The minimum atomic E-state index is -3.93. The van der Waals surface area contributed by atoms with Gasteiger partial charge in [0.25, 0.3) is 0 Å². The van der Waals surface area contributed by atoms with Crippen LogP contribution in [0.25, 0.3) is 0 Å². The van der Waals surface area contributed by atoms with E-state index in [1.807, 2.05) is 36.4 Å². The number of rotatable bonds is 8. The average Bonchev–Trinajstić information content (AvgIpc) is 2.77. The van der Waals surface area contributed by atoms with Gasteiger partial charge in [-0.05, 0) is 54.4 Å².